The molecule has 1 aliphatic heterocycles. The molecule has 0 saturated carbocycles. The van der Waals surface area contributed by atoms with Gasteiger partial charge in [0.1, 0.15) is 0 Å². The van der Waals surface area contributed by atoms with Crippen LogP contribution >= 0.6 is 11.3 Å². The maximum atomic E-state index is 12.1. The largest absolute Gasteiger partial charge is 0.374 e. The Morgan fingerprint density at radius 2 is 2.38 bits per heavy atom. The molecule has 1 aliphatic rings. The molecule has 0 bridgehead atoms. The molecule has 2 aromatic heterocycles. The molecule has 0 aromatic carbocycles. The van der Waals surface area contributed by atoms with E-state index in [4.69, 9.17) is 4.74 Å². The number of hydrogen-bond donors (Lipinski definition) is 1. The van der Waals surface area contributed by atoms with Crippen molar-refractivity contribution in [2.24, 2.45) is 0 Å². The van der Waals surface area contributed by atoms with E-state index in [0.29, 0.717) is 19.7 Å². The fourth-order valence-electron chi connectivity index (χ4n) is 2.95. The molecule has 1 amide bonds. The summed E-state index contributed by atoms with van der Waals surface area (Å²) in [6.07, 6.45) is 0.0712. The highest BCUT2D eigenvalue weighted by Gasteiger charge is 2.23. The van der Waals surface area contributed by atoms with Crippen molar-refractivity contribution >= 4 is 17.2 Å². The highest BCUT2D eigenvalue weighted by Crippen LogP contribution is 2.10. The first-order valence-corrected chi connectivity index (χ1v) is 9.12. The van der Waals surface area contributed by atoms with Gasteiger partial charge in [-0.05, 0) is 31.4 Å². The molecule has 6 nitrogen and oxygen atoms in total. The Bertz CT molecular complexity index is 668. The molecule has 3 heterocycles. The summed E-state index contributed by atoms with van der Waals surface area (Å²) in [5.74, 6) is 0.0650. The zero-order chi connectivity index (χ0) is 16.9. The Hall–Kier alpha value is -1.70. The van der Waals surface area contributed by atoms with Crippen LogP contribution in [0.5, 0.6) is 0 Å². The van der Waals surface area contributed by atoms with Gasteiger partial charge in [-0.3, -0.25) is 14.4 Å². The number of aryl methyl sites for hydroxylation is 2. The second kappa shape index (κ2) is 7.92. The number of hydrogen-bond acceptors (Lipinski definition) is 5. The van der Waals surface area contributed by atoms with Gasteiger partial charge in [-0.2, -0.15) is 5.10 Å². The third kappa shape index (κ3) is 4.66. The lowest BCUT2D eigenvalue weighted by molar-refractivity contribution is -0.124. The van der Waals surface area contributed by atoms with E-state index in [0.717, 1.165) is 31.0 Å². The van der Waals surface area contributed by atoms with Gasteiger partial charge in [-0.1, -0.05) is 6.07 Å². The quantitative estimate of drug-likeness (QED) is 0.861. The highest BCUT2D eigenvalue weighted by molar-refractivity contribution is 7.09. The van der Waals surface area contributed by atoms with Crippen molar-refractivity contribution < 1.29 is 9.53 Å². The number of amides is 1. The number of morpholine rings is 1. The molecule has 1 atom stereocenters. The van der Waals surface area contributed by atoms with E-state index < -0.39 is 0 Å². The summed E-state index contributed by atoms with van der Waals surface area (Å²) in [7, 11) is 0. The molecule has 1 saturated heterocycles. The maximum absolute atomic E-state index is 12.1. The summed E-state index contributed by atoms with van der Waals surface area (Å²) >= 11 is 1.66. The first-order valence-electron chi connectivity index (χ1n) is 8.24. The summed E-state index contributed by atoms with van der Waals surface area (Å²) in [5, 5.41) is 9.49. The van der Waals surface area contributed by atoms with Crippen molar-refractivity contribution in [1.82, 2.24) is 20.0 Å². The Labute approximate surface area is 146 Å². The monoisotopic (exact) mass is 348 g/mol. The van der Waals surface area contributed by atoms with Crippen molar-refractivity contribution in [3.8, 4) is 0 Å². The van der Waals surface area contributed by atoms with Crippen molar-refractivity contribution in [1.29, 1.82) is 0 Å². The van der Waals surface area contributed by atoms with E-state index >= 15 is 0 Å². The fourth-order valence-corrected chi connectivity index (χ4v) is 3.59. The van der Waals surface area contributed by atoms with E-state index in [1.165, 1.54) is 4.88 Å². The molecule has 7 heteroatoms. The minimum absolute atomic E-state index is 0.0650. The lowest BCUT2D eigenvalue weighted by atomic mass is 10.2. The SMILES string of the molecule is Cc1cc(C)n(CC2CN(CC(=O)NCc3cccs3)CCO2)n1. The summed E-state index contributed by atoms with van der Waals surface area (Å²) in [4.78, 5) is 15.5. The van der Waals surface area contributed by atoms with Crippen LogP contribution in [0.2, 0.25) is 0 Å². The fraction of sp³-hybridized carbons (Fsp3) is 0.529. The molecule has 1 fully saturated rings. The molecule has 0 radical (unpaired) electrons. The number of aromatic nitrogens is 2. The first-order chi connectivity index (χ1) is 11.6. The molecule has 130 valence electrons. The lowest BCUT2D eigenvalue weighted by Gasteiger charge is -2.32. The summed E-state index contributed by atoms with van der Waals surface area (Å²) in [6, 6.07) is 6.10. The van der Waals surface area contributed by atoms with Crippen LogP contribution < -0.4 is 5.32 Å². The number of nitrogens with one attached hydrogen (secondary N) is 1. The third-order valence-electron chi connectivity index (χ3n) is 4.11. The molecular formula is C17H24N4O2S. The van der Waals surface area contributed by atoms with Gasteiger partial charge in [0, 0.05) is 23.7 Å². The number of ether oxygens (including phenoxy) is 1. The van der Waals surface area contributed by atoms with Crippen LogP contribution in [0.3, 0.4) is 0 Å². The van der Waals surface area contributed by atoms with Gasteiger partial charge in [0.05, 0.1) is 38.0 Å². The van der Waals surface area contributed by atoms with Gasteiger partial charge in [-0.25, -0.2) is 0 Å². The molecule has 1 unspecified atom stereocenters. The zero-order valence-corrected chi connectivity index (χ0v) is 15.0. The zero-order valence-electron chi connectivity index (χ0n) is 14.2. The Balaban J connectivity index is 1.46. The lowest BCUT2D eigenvalue weighted by Crippen LogP contribution is -2.48. The molecule has 0 spiro atoms. The van der Waals surface area contributed by atoms with Crippen LogP contribution in [-0.4, -0.2) is 52.9 Å². The van der Waals surface area contributed by atoms with E-state index in [1.54, 1.807) is 11.3 Å². The van der Waals surface area contributed by atoms with Gasteiger partial charge in [0.15, 0.2) is 0 Å². The van der Waals surface area contributed by atoms with Crippen molar-refractivity contribution in [2.45, 2.75) is 33.0 Å². The second-order valence-corrected chi connectivity index (χ2v) is 7.23. The number of carbonyl (C=O) groups excluding carboxylic acids is 1. The Morgan fingerprint density at radius 1 is 1.50 bits per heavy atom. The number of nitrogens with zero attached hydrogens (tertiary/aromatic N) is 3. The van der Waals surface area contributed by atoms with Crippen LogP contribution in [0.4, 0.5) is 0 Å². The topological polar surface area (TPSA) is 59.4 Å². The van der Waals surface area contributed by atoms with E-state index in [1.807, 2.05) is 29.1 Å². The van der Waals surface area contributed by atoms with Crippen LogP contribution in [0.1, 0.15) is 16.3 Å². The molecule has 24 heavy (non-hydrogen) atoms. The average Bonchev–Trinajstić information content (AvgIpc) is 3.16. The van der Waals surface area contributed by atoms with E-state index in [2.05, 4.69) is 28.3 Å². The third-order valence-corrected chi connectivity index (χ3v) is 4.99. The normalized spacial score (nSPS) is 18.7. The van der Waals surface area contributed by atoms with Crippen molar-refractivity contribution in [2.75, 3.05) is 26.2 Å². The summed E-state index contributed by atoms with van der Waals surface area (Å²) < 4.78 is 7.83. The summed E-state index contributed by atoms with van der Waals surface area (Å²) in [5.41, 5.74) is 2.16. The van der Waals surface area contributed by atoms with E-state index in [9.17, 15) is 4.79 Å². The predicted octanol–water partition coefficient (Wildman–Crippen LogP) is 1.58. The molecule has 2 aromatic rings. The van der Waals surface area contributed by atoms with Crippen LogP contribution in [-0.2, 0) is 22.6 Å². The van der Waals surface area contributed by atoms with Gasteiger partial charge < -0.3 is 10.1 Å². The predicted molar refractivity (Wildman–Crippen MR) is 94.0 cm³/mol. The van der Waals surface area contributed by atoms with E-state index in [-0.39, 0.29) is 12.0 Å². The van der Waals surface area contributed by atoms with Crippen LogP contribution in [0.25, 0.3) is 0 Å². The van der Waals surface area contributed by atoms with Gasteiger partial charge in [0.2, 0.25) is 5.91 Å². The number of rotatable bonds is 6. The van der Waals surface area contributed by atoms with Crippen LogP contribution in [0.15, 0.2) is 23.6 Å². The first kappa shape index (κ1) is 17.1. The molecule has 3 rings (SSSR count). The highest BCUT2D eigenvalue weighted by atomic mass is 32.1. The standard InChI is InChI=1S/C17H24N4O2S/c1-13-8-14(2)21(19-13)11-15-10-20(5-6-23-15)12-17(22)18-9-16-4-3-7-24-16/h3-4,7-8,15H,5-6,9-12H2,1-2H3,(H,18,22). The van der Waals surface area contributed by atoms with Crippen molar-refractivity contribution in [3.63, 3.8) is 0 Å². The smallest absolute Gasteiger partial charge is 0.234 e. The van der Waals surface area contributed by atoms with Gasteiger partial charge in [-0.15, -0.1) is 11.3 Å². The van der Waals surface area contributed by atoms with Gasteiger partial charge in [0.25, 0.3) is 0 Å². The maximum Gasteiger partial charge on any atom is 0.234 e. The summed E-state index contributed by atoms with van der Waals surface area (Å²) in [6.45, 7) is 8.01. The minimum atomic E-state index is 0.0650. The Morgan fingerprint density at radius 3 is 3.08 bits per heavy atom. The number of carbonyl (C=O) groups is 1. The Kier molecular flexibility index (Phi) is 5.65. The minimum Gasteiger partial charge on any atom is -0.374 e. The molecular weight excluding hydrogens is 324 g/mol. The second-order valence-electron chi connectivity index (χ2n) is 6.19. The van der Waals surface area contributed by atoms with Crippen molar-refractivity contribution in [3.05, 3.63) is 39.8 Å². The molecule has 1 N–H and O–H groups in total. The van der Waals surface area contributed by atoms with Gasteiger partial charge >= 0.3 is 0 Å². The van der Waals surface area contributed by atoms with Crippen LogP contribution in [0, 0.1) is 13.8 Å². The number of thiophene rings is 1. The molecule has 0 aliphatic carbocycles. The average molecular weight is 348 g/mol.